The van der Waals surface area contributed by atoms with E-state index < -0.39 is 0 Å². The van der Waals surface area contributed by atoms with Gasteiger partial charge in [0.1, 0.15) is 0 Å². The van der Waals surface area contributed by atoms with E-state index in [2.05, 4.69) is 63.4 Å². The van der Waals surface area contributed by atoms with Gasteiger partial charge in [-0.15, -0.1) is 0 Å². The molecule has 1 N–H and O–H groups in total. The maximum atomic E-state index is 4.85. The van der Waals surface area contributed by atoms with Gasteiger partial charge < -0.3 is 5.32 Å². The Bertz CT molecular complexity index is 1070. The monoisotopic (exact) mass is 382 g/mol. The number of nitrogens with one attached hydrogen (secondary N) is 1. The van der Waals surface area contributed by atoms with Crippen LogP contribution in [0.5, 0.6) is 0 Å². The zero-order valence-electron chi connectivity index (χ0n) is 16.4. The Morgan fingerprint density at radius 2 is 1.62 bits per heavy atom. The summed E-state index contributed by atoms with van der Waals surface area (Å²) in [5.74, 6) is 0.592. The van der Waals surface area contributed by atoms with Crippen LogP contribution >= 0.6 is 0 Å². The van der Waals surface area contributed by atoms with Crippen molar-refractivity contribution in [3.63, 3.8) is 0 Å². The molecule has 0 aliphatic rings. The molecular formula is C23H22N6. The van der Waals surface area contributed by atoms with Crippen molar-refractivity contribution >= 4 is 5.95 Å². The summed E-state index contributed by atoms with van der Waals surface area (Å²) in [7, 11) is 0. The van der Waals surface area contributed by atoms with E-state index in [-0.39, 0.29) is 6.04 Å². The molecule has 6 heteroatoms. The second kappa shape index (κ2) is 8.56. The molecule has 0 aliphatic carbocycles. The molecule has 1 aromatic carbocycles. The van der Waals surface area contributed by atoms with Crippen LogP contribution in [0.3, 0.4) is 0 Å². The van der Waals surface area contributed by atoms with E-state index >= 15 is 0 Å². The van der Waals surface area contributed by atoms with E-state index in [4.69, 9.17) is 4.98 Å². The summed E-state index contributed by atoms with van der Waals surface area (Å²) in [5, 5.41) is 3.39. The van der Waals surface area contributed by atoms with Gasteiger partial charge in [-0.05, 0) is 31.5 Å². The van der Waals surface area contributed by atoms with Crippen LogP contribution in [0.25, 0.3) is 22.4 Å². The zero-order chi connectivity index (χ0) is 20.1. The Balaban J connectivity index is 1.66. The van der Waals surface area contributed by atoms with Crippen LogP contribution in [0.1, 0.15) is 18.2 Å². The lowest BCUT2D eigenvalue weighted by Crippen LogP contribution is -2.20. The van der Waals surface area contributed by atoms with Crippen LogP contribution in [-0.2, 0) is 6.42 Å². The molecule has 0 fully saturated rings. The quantitative estimate of drug-likeness (QED) is 0.534. The third-order valence-electron chi connectivity index (χ3n) is 4.61. The van der Waals surface area contributed by atoms with Gasteiger partial charge in [-0.3, -0.25) is 15.0 Å². The smallest absolute Gasteiger partial charge is 0.223 e. The van der Waals surface area contributed by atoms with Crippen LogP contribution in [-0.4, -0.2) is 31.0 Å². The molecular weight excluding hydrogens is 360 g/mol. The first kappa shape index (κ1) is 18.7. The van der Waals surface area contributed by atoms with Gasteiger partial charge in [0.05, 0.1) is 11.4 Å². The second-order valence-electron chi connectivity index (χ2n) is 7.00. The average molecular weight is 382 g/mol. The van der Waals surface area contributed by atoms with Gasteiger partial charge in [0.15, 0.2) is 0 Å². The first-order chi connectivity index (χ1) is 14.2. The second-order valence-corrected chi connectivity index (χ2v) is 7.00. The average Bonchev–Trinajstić information content (AvgIpc) is 2.75. The standard InChI is InChI=1S/C23H22N6/c1-16-3-5-19(6-4-16)22-21(18-7-9-24-10-8-18)15-27-23(29-22)28-17(2)13-20-14-25-11-12-26-20/h3-12,14-15,17H,13H2,1-2H3,(H,27,28,29)/t17-/m0/s1. The SMILES string of the molecule is Cc1ccc(-c2nc(N[C@@H](C)Cc3cnccn3)ncc2-c2ccncc2)cc1. The Labute approximate surface area is 170 Å². The minimum atomic E-state index is 0.115. The van der Waals surface area contributed by atoms with Crippen molar-refractivity contribution in [2.45, 2.75) is 26.3 Å². The highest BCUT2D eigenvalue weighted by atomic mass is 15.1. The fraction of sp³-hybridized carbons (Fsp3) is 0.174. The number of hydrogen-bond acceptors (Lipinski definition) is 6. The number of hydrogen-bond donors (Lipinski definition) is 1. The molecule has 0 bridgehead atoms. The van der Waals surface area contributed by atoms with Gasteiger partial charge in [0.25, 0.3) is 0 Å². The molecule has 0 amide bonds. The summed E-state index contributed by atoms with van der Waals surface area (Å²) in [6.45, 7) is 4.16. The number of rotatable bonds is 6. The summed E-state index contributed by atoms with van der Waals surface area (Å²) in [6, 6.07) is 12.4. The molecule has 0 saturated heterocycles. The number of pyridine rings is 1. The predicted molar refractivity (Wildman–Crippen MR) is 114 cm³/mol. The molecule has 6 nitrogen and oxygen atoms in total. The first-order valence-electron chi connectivity index (χ1n) is 9.55. The molecule has 0 spiro atoms. The molecule has 3 aromatic heterocycles. The molecule has 144 valence electrons. The molecule has 1 atom stereocenters. The zero-order valence-corrected chi connectivity index (χ0v) is 16.4. The van der Waals surface area contributed by atoms with E-state index in [0.717, 1.165) is 34.5 Å². The number of anilines is 1. The van der Waals surface area contributed by atoms with Crippen LogP contribution in [0.2, 0.25) is 0 Å². The summed E-state index contributed by atoms with van der Waals surface area (Å²) < 4.78 is 0. The Hall–Kier alpha value is -3.67. The number of aryl methyl sites for hydroxylation is 1. The molecule has 0 radical (unpaired) electrons. The topological polar surface area (TPSA) is 76.5 Å². The lowest BCUT2D eigenvalue weighted by Gasteiger charge is -2.16. The summed E-state index contributed by atoms with van der Waals surface area (Å²) >= 11 is 0. The molecule has 4 rings (SSSR count). The van der Waals surface area contributed by atoms with Gasteiger partial charge in [-0.25, -0.2) is 9.97 Å². The van der Waals surface area contributed by atoms with Crippen molar-refractivity contribution in [1.29, 1.82) is 0 Å². The van der Waals surface area contributed by atoms with Crippen molar-refractivity contribution < 1.29 is 0 Å². The minimum Gasteiger partial charge on any atom is -0.351 e. The highest BCUT2D eigenvalue weighted by molar-refractivity contribution is 5.80. The Kier molecular flexibility index (Phi) is 5.52. The number of benzene rings is 1. The maximum Gasteiger partial charge on any atom is 0.223 e. The van der Waals surface area contributed by atoms with Gasteiger partial charge in [0, 0.05) is 60.8 Å². The predicted octanol–water partition coefficient (Wildman–Crippen LogP) is 4.35. The molecule has 0 saturated carbocycles. The molecule has 0 unspecified atom stereocenters. The summed E-state index contributed by atoms with van der Waals surface area (Å²) in [6.07, 6.45) is 11.3. The Morgan fingerprint density at radius 1 is 0.828 bits per heavy atom. The number of nitrogens with zero attached hydrogens (tertiary/aromatic N) is 5. The van der Waals surface area contributed by atoms with E-state index in [1.165, 1.54) is 5.56 Å². The summed E-state index contributed by atoms with van der Waals surface area (Å²) in [4.78, 5) is 22.0. The van der Waals surface area contributed by atoms with Crippen LogP contribution in [0, 0.1) is 6.92 Å². The van der Waals surface area contributed by atoms with Crippen LogP contribution in [0.15, 0.2) is 73.6 Å². The van der Waals surface area contributed by atoms with E-state index in [1.54, 1.807) is 31.0 Å². The van der Waals surface area contributed by atoms with Crippen molar-refractivity contribution in [2.75, 3.05) is 5.32 Å². The van der Waals surface area contributed by atoms with Crippen molar-refractivity contribution in [3.05, 3.63) is 84.8 Å². The first-order valence-corrected chi connectivity index (χ1v) is 9.55. The third kappa shape index (κ3) is 4.60. The highest BCUT2D eigenvalue weighted by Crippen LogP contribution is 2.30. The minimum absolute atomic E-state index is 0.115. The molecule has 0 aliphatic heterocycles. The fourth-order valence-corrected chi connectivity index (χ4v) is 3.15. The Morgan fingerprint density at radius 3 is 2.34 bits per heavy atom. The number of aromatic nitrogens is 5. The van der Waals surface area contributed by atoms with Crippen LogP contribution in [0.4, 0.5) is 5.95 Å². The lowest BCUT2D eigenvalue weighted by molar-refractivity contribution is 0.754. The lowest BCUT2D eigenvalue weighted by atomic mass is 10.0. The third-order valence-corrected chi connectivity index (χ3v) is 4.61. The maximum absolute atomic E-state index is 4.85. The molecule has 3 heterocycles. The van der Waals surface area contributed by atoms with Gasteiger partial charge in [0.2, 0.25) is 5.95 Å². The van der Waals surface area contributed by atoms with Crippen LogP contribution < -0.4 is 5.32 Å². The highest BCUT2D eigenvalue weighted by Gasteiger charge is 2.13. The van der Waals surface area contributed by atoms with E-state index in [0.29, 0.717) is 5.95 Å². The van der Waals surface area contributed by atoms with Crippen molar-refractivity contribution in [2.24, 2.45) is 0 Å². The van der Waals surface area contributed by atoms with Gasteiger partial charge in [-0.1, -0.05) is 29.8 Å². The van der Waals surface area contributed by atoms with Gasteiger partial charge in [-0.2, -0.15) is 0 Å². The van der Waals surface area contributed by atoms with Crippen molar-refractivity contribution in [1.82, 2.24) is 24.9 Å². The largest absolute Gasteiger partial charge is 0.351 e. The summed E-state index contributed by atoms with van der Waals surface area (Å²) in [5.41, 5.74) is 6.09. The van der Waals surface area contributed by atoms with E-state index in [1.807, 2.05) is 18.3 Å². The molecule has 29 heavy (non-hydrogen) atoms. The van der Waals surface area contributed by atoms with Gasteiger partial charge >= 0.3 is 0 Å². The fourth-order valence-electron chi connectivity index (χ4n) is 3.15. The normalized spacial score (nSPS) is 11.8. The molecule has 4 aromatic rings. The van der Waals surface area contributed by atoms with Crippen molar-refractivity contribution in [3.8, 4) is 22.4 Å². The van der Waals surface area contributed by atoms with E-state index in [9.17, 15) is 0 Å².